The van der Waals surface area contributed by atoms with E-state index in [1.165, 1.54) is 37.3 Å². The Bertz CT molecular complexity index is 911. The Morgan fingerprint density at radius 1 is 1.08 bits per heavy atom. The number of carbonyl (C=O) groups is 1. The number of nitrogens with zero attached hydrogens (tertiary/aromatic N) is 1. The topological polar surface area (TPSA) is 55.6 Å². The van der Waals surface area contributed by atoms with Gasteiger partial charge >= 0.3 is 0 Å². The molecule has 4 nitrogen and oxygen atoms in total. The molecule has 1 saturated heterocycles. The Morgan fingerprint density at radius 3 is 2.58 bits per heavy atom. The monoisotopic (exact) mass is 366 g/mol. The summed E-state index contributed by atoms with van der Waals surface area (Å²) in [5.74, 6) is 0.757. The van der Waals surface area contributed by atoms with Gasteiger partial charge in [0.2, 0.25) is 0 Å². The van der Waals surface area contributed by atoms with Gasteiger partial charge in [0.15, 0.2) is 5.78 Å². The van der Waals surface area contributed by atoms with Crippen LogP contribution in [0, 0.1) is 0 Å². The van der Waals surface area contributed by atoms with Crippen LogP contribution < -0.4 is 10.5 Å². The van der Waals surface area contributed by atoms with E-state index in [-0.39, 0.29) is 5.78 Å². The third kappa shape index (κ3) is 3.45. The van der Waals surface area contributed by atoms with Crippen LogP contribution in [-0.2, 0) is 0 Å². The first-order valence-electron chi connectivity index (χ1n) is 8.99. The normalized spacial score (nSPS) is 14.8. The van der Waals surface area contributed by atoms with Crippen molar-refractivity contribution in [2.75, 3.05) is 32.0 Å². The molecule has 1 aromatic heterocycles. The molecule has 5 heteroatoms. The molecule has 0 unspecified atom stereocenters. The number of hydrogen-bond acceptors (Lipinski definition) is 5. The molecule has 2 N–H and O–H groups in total. The fourth-order valence-electron chi connectivity index (χ4n) is 3.44. The molecular formula is C21H22N2O2S. The molecule has 0 aliphatic carbocycles. The molecule has 2 heterocycles. The first kappa shape index (κ1) is 17.1. The molecule has 2 aromatic carbocycles. The number of likely N-dealkylation sites (tertiary alicyclic amines) is 1. The van der Waals surface area contributed by atoms with Crippen LogP contribution in [0.15, 0.2) is 48.5 Å². The second-order valence-electron chi connectivity index (χ2n) is 6.59. The summed E-state index contributed by atoms with van der Waals surface area (Å²) in [7, 11) is 0. The van der Waals surface area contributed by atoms with Crippen molar-refractivity contribution in [3.05, 3.63) is 59.7 Å². The van der Waals surface area contributed by atoms with E-state index in [1.54, 1.807) is 0 Å². The lowest BCUT2D eigenvalue weighted by Crippen LogP contribution is -2.25. The van der Waals surface area contributed by atoms with Crippen molar-refractivity contribution in [2.24, 2.45) is 0 Å². The Kier molecular flexibility index (Phi) is 4.91. The average Bonchev–Trinajstić information content (AvgIpc) is 3.28. The van der Waals surface area contributed by atoms with E-state index in [0.29, 0.717) is 22.7 Å². The summed E-state index contributed by atoms with van der Waals surface area (Å²) in [4.78, 5) is 15.3. The predicted octanol–water partition coefficient (Wildman–Crippen LogP) is 4.19. The number of nitrogen functional groups attached to an aromatic ring is 1. The molecule has 26 heavy (non-hydrogen) atoms. The van der Waals surface area contributed by atoms with Gasteiger partial charge in [0.25, 0.3) is 0 Å². The van der Waals surface area contributed by atoms with E-state index in [9.17, 15) is 4.79 Å². The van der Waals surface area contributed by atoms with E-state index in [2.05, 4.69) is 4.90 Å². The number of benzene rings is 2. The van der Waals surface area contributed by atoms with Gasteiger partial charge in [-0.2, -0.15) is 0 Å². The molecule has 1 aliphatic heterocycles. The maximum Gasteiger partial charge on any atom is 0.196 e. The van der Waals surface area contributed by atoms with E-state index in [1.807, 2.05) is 48.5 Å². The number of thiophene rings is 1. The minimum atomic E-state index is -0.0384. The van der Waals surface area contributed by atoms with Gasteiger partial charge in [-0.25, -0.2) is 0 Å². The van der Waals surface area contributed by atoms with Gasteiger partial charge in [-0.3, -0.25) is 9.69 Å². The molecule has 0 atom stereocenters. The number of ether oxygens (including phenoxy) is 1. The third-order valence-corrected chi connectivity index (χ3v) is 5.84. The van der Waals surface area contributed by atoms with Gasteiger partial charge in [0.05, 0.1) is 10.6 Å². The Balaban J connectivity index is 1.45. The molecule has 4 rings (SSSR count). The molecule has 0 spiro atoms. The fraction of sp³-hybridized carbons (Fsp3) is 0.286. The summed E-state index contributed by atoms with van der Waals surface area (Å²) in [6, 6.07) is 15.2. The summed E-state index contributed by atoms with van der Waals surface area (Å²) in [5.41, 5.74) is 7.35. The van der Waals surface area contributed by atoms with Crippen LogP contribution in [-0.4, -0.2) is 36.9 Å². The van der Waals surface area contributed by atoms with Crippen molar-refractivity contribution in [1.29, 1.82) is 0 Å². The molecule has 0 radical (unpaired) electrons. The summed E-state index contributed by atoms with van der Waals surface area (Å²) in [5, 5.41) is 1.49. The first-order chi connectivity index (χ1) is 12.7. The van der Waals surface area contributed by atoms with Gasteiger partial charge in [-0.1, -0.05) is 18.2 Å². The average molecular weight is 366 g/mol. The Hall–Kier alpha value is -2.37. The highest BCUT2D eigenvalue weighted by Gasteiger charge is 2.18. The zero-order valence-corrected chi connectivity index (χ0v) is 15.4. The molecule has 0 saturated carbocycles. The number of rotatable bonds is 6. The Labute approximate surface area is 157 Å². The van der Waals surface area contributed by atoms with Crippen LogP contribution >= 0.6 is 11.3 Å². The minimum Gasteiger partial charge on any atom is -0.492 e. The van der Waals surface area contributed by atoms with Crippen LogP contribution in [0.1, 0.15) is 28.8 Å². The molecule has 3 aromatic rings. The summed E-state index contributed by atoms with van der Waals surface area (Å²) >= 11 is 1.46. The summed E-state index contributed by atoms with van der Waals surface area (Å²) in [6.07, 6.45) is 2.58. The molecular weight excluding hydrogens is 344 g/mol. The maximum atomic E-state index is 12.9. The standard InChI is InChI=1S/C21H22N2O2S/c22-21-19(17-5-1-2-6-18(17)26-21)20(24)15-7-9-16(10-8-15)25-14-13-23-11-3-4-12-23/h1-2,5-10H,3-4,11-14,22H2. The number of hydrogen-bond donors (Lipinski definition) is 1. The van der Waals surface area contributed by atoms with Crippen molar-refractivity contribution in [3.8, 4) is 5.75 Å². The lowest BCUT2D eigenvalue weighted by Gasteiger charge is -2.15. The van der Waals surface area contributed by atoms with E-state index in [0.717, 1.165) is 22.4 Å². The van der Waals surface area contributed by atoms with E-state index < -0.39 is 0 Å². The maximum absolute atomic E-state index is 12.9. The van der Waals surface area contributed by atoms with Gasteiger partial charge in [0.1, 0.15) is 12.4 Å². The van der Waals surface area contributed by atoms with Crippen LogP contribution in [0.25, 0.3) is 10.1 Å². The van der Waals surface area contributed by atoms with Crippen molar-refractivity contribution in [1.82, 2.24) is 4.90 Å². The Morgan fingerprint density at radius 2 is 1.81 bits per heavy atom. The zero-order chi connectivity index (χ0) is 17.9. The van der Waals surface area contributed by atoms with Crippen LogP contribution in [0.2, 0.25) is 0 Å². The van der Waals surface area contributed by atoms with Crippen LogP contribution in [0.4, 0.5) is 5.00 Å². The molecule has 134 valence electrons. The predicted molar refractivity (Wildman–Crippen MR) is 107 cm³/mol. The smallest absolute Gasteiger partial charge is 0.196 e. The number of fused-ring (bicyclic) bond motifs is 1. The quantitative estimate of drug-likeness (QED) is 0.665. The van der Waals surface area contributed by atoms with Crippen molar-refractivity contribution in [2.45, 2.75) is 12.8 Å². The first-order valence-corrected chi connectivity index (χ1v) is 9.81. The number of anilines is 1. The molecule has 1 fully saturated rings. The highest BCUT2D eigenvalue weighted by molar-refractivity contribution is 7.23. The lowest BCUT2D eigenvalue weighted by molar-refractivity contribution is 0.104. The van der Waals surface area contributed by atoms with Crippen molar-refractivity contribution < 1.29 is 9.53 Å². The SMILES string of the molecule is Nc1sc2ccccc2c1C(=O)c1ccc(OCCN2CCCC2)cc1. The van der Waals surface area contributed by atoms with Gasteiger partial charge in [-0.05, 0) is 56.3 Å². The van der Waals surface area contributed by atoms with Crippen LogP contribution in [0.5, 0.6) is 5.75 Å². The number of carbonyl (C=O) groups excluding carboxylic acids is 1. The van der Waals surface area contributed by atoms with Gasteiger partial charge < -0.3 is 10.5 Å². The van der Waals surface area contributed by atoms with E-state index in [4.69, 9.17) is 10.5 Å². The lowest BCUT2D eigenvalue weighted by atomic mass is 10.0. The van der Waals surface area contributed by atoms with E-state index >= 15 is 0 Å². The molecule has 1 aliphatic rings. The third-order valence-electron chi connectivity index (χ3n) is 4.84. The second kappa shape index (κ2) is 7.48. The second-order valence-corrected chi connectivity index (χ2v) is 7.67. The number of nitrogens with two attached hydrogens (primary N) is 1. The highest BCUT2D eigenvalue weighted by Crippen LogP contribution is 2.35. The zero-order valence-electron chi connectivity index (χ0n) is 14.6. The van der Waals surface area contributed by atoms with Crippen molar-refractivity contribution >= 4 is 32.2 Å². The minimum absolute atomic E-state index is 0.0384. The van der Waals surface area contributed by atoms with Crippen LogP contribution in [0.3, 0.4) is 0 Å². The summed E-state index contributed by atoms with van der Waals surface area (Å²) in [6.45, 7) is 3.98. The van der Waals surface area contributed by atoms with Gasteiger partial charge in [-0.15, -0.1) is 11.3 Å². The molecule has 0 amide bonds. The number of ketones is 1. The fourth-order valence-corrected chi connectivity index (χ4v) is 4.41. The molecule has 0 bridgehead atoms. The van der Waals surface area contributed by atoms with Crippen molar-refractivity contribution in [3.63, 3.8) is 0 Å². The highest BCUT2D eigenvalue weighted by atomic mass is 32.1. The largest absolute Gasteiger partial charge is 0.492 e. The van der Waals surface area contributed by atoms with Gasteiger partial charge in [0, 0.05) is 22.2 Å². The summed E-state index contributed by atoms with van der Waals surface area (Å²) < 4.78 is 6.85.